The maximum absolute atomic E-state index is 10.4. The van der Waals surface area contributed by atoms with Crippen molar-refractivity contribution in [2.45, 2.75) is 0 Å². The van der Waals surface area contributed by atoms with E-state index in [-0.39, 0.29) is 16.5 Å². The number of phenols is 1. The van der Waals surface area contributed by atoms with Crippen molar-refractivity contribution in [1.29, 1.82) is 0 Å². The van der Waals surface area contributed by atoms with E-state index in [1.807, 2.05) is 5.43 Å². The number of hydrazone groups is 1. The maximum atomic E-state index is 10.4. The molecule has 17 heavy (non-hydrogen) atoms. The van der Waals surface area contributed by atoms with Gasteiger partial charge in [-0.25, -0.2) is 10.2 Å². The van der Waals surface area contributed by atoms with Crippen LogP contribution in [0.2, 0.25) is 5.02 Å². The fourth-order valence-electron chi connectivity index (χ4n) is 1.03. The molecule has 0 unspecified atom stereocenters. The van der Waals surface area contributed by atoms with Crippen LogP contribution in [0.3, 0.4) is 0 Å². The number of hydrogen-bond donors (Lipinski definition) is 3. The normalized spacial score (nSPS) is 10.5. The molecule has 0 aliphatic rings. The van der Waals surface area contributed by atoms with Gasteiger partial charge in [0.05, 0.1) is 13.3 Å². The quantitative estimate of drug-likeness (QED) is 0.585. The summed E-state index contributed by atoms with van der Waals surface area (Å²) in [4.78, 5) is 10.4. The Morgan fingerprint density at radius 1 is 1.76 bits per heavy atom. The number of carbonyl (C=O) groups excluding carboxylic acids is 1. The fraction of sp³-hybridized carbons (Fsp3) is 0.111. The van der Waals surface area contributed by atoms with Crippen LogP contribution in [0.4, 0.5) is 4.79 Å². The zero-order chi connectivity index (χ0) is 13.0. The van der Waals surface area contributed by atoms with Gasteiger partial charge in [-0.3, -0.25) is 0 Å². The number of ether oxygens (including phenoxy) is 1. The van der Waals surface area contributed by atoms with Crippen molar-refractivity contribution in [3.05, 3.63) is 21.1 Å². The Bertz CT molecular complexity index is 479. The largest absolute Gasteiger partial charge is 0.503 e. The van der Waals surface area contributed by atoms with E-state index in [1.165, 1.54) is 19.4 Å². The molecule has 8 heteroatoms. The van der Waals surface area contributed by atoms with Gasteiger partial charge in [0, 0.05) is 10.0 Å². The topological polar surface area (TPSA) is 96.9 Å². The molecule has 0 heterocycles. The Balaban J connectivity index is 3.12. The SMILES string of the molecule is COc1cc(C=NNC(N)=O)c(Br)c(Cl)c1O. The van der Waals surface area contributed by atoms with Gasteiger partial charge < -0.3 is 15.6 Å². The molecule has 0 aliphatic carbocycles. The van der Waals surface area contributed by atoms with Crippen molar-refractivity contribution in [2.24, 2.45) is 10.8 Å². The summed E-state index contributed by atoms with van der Waals surface area (Å²) < 4.78 is 5.34. The molecule has 0 radical (unpaired) electrons. The Labute approximate surface area is 111 Å². The first-order valence-corrected chi connectivity index (χ1v) is 5.48. The summed E-state index contributed by atoms with van der Waals surface area (Å²) in [6.07, 6.45) is 1.31. The van der Waals surface area contributed by atoms with Crippen LogP contribution in [0.25, 0.3) is 0 Å². The Morgan fingerprint density at radius 2 is 2.41 bits per heavy atom. The second-order valence-electron chi connectivity index (χ2n) is 2.88. The van der Waals surface area contributed by atoms with Gasteiger partial charge in [0.2, 0.25) is 0 Å². The summed E-state index contributed by atoms with van der Waals surface area (Å²) in [5.41, 5.74) is 7.38. The van der Waals surface area contributed by atoms with Crippen LogP contribution in [0, 0.1) is 0 Å². The molecule has 4 N–H and O–H groups in total. The number of urea groups is 1. The molecule has 2 amide bonds. The standard InChI is InChI=1S/C9H9BrClN3O3/c1-17-5-2-4(3-13-14-9(12)16)6(10)7(11)8(5)15/h2-3,15H,1H3,(H3,12,14,16). The van der Waals surface area contributed by atoms with Gasteiger partial charge in [0.15, 0.2) is 11.5 Å². The van der Waals surface area contributed by atoms with E-state index in [9.17, 15) is 9.90 Å². The molecule has 1 aromatic rings. The number of nitrogens with two attached hydrogens (primary N) is 1. The Hall–Kier alpha value is -1.47. The minimum Gasteiger partial charge on any atom is -0.503 e. The molecule has 1 rings (SSSR count). The lowest BCUT2D eigenvalue weighted by atomic mass is 10.2. The van der Waals surface area contributed by atoms with E-state index in [0.717, 1.165) is 0 Å². The van der Waals surface area contributed by atoms with E-state index < -0.39 is 6.03 Å². The molecular weight excluding hydrogens is 313 g/mol. The number of rotatable bonds is 3. The first-order valence-electron chi connectivity index (χ1n) is 4.30. The highest BCUT2D eigenvalue weighted by atomic mass is 79.9. The first-order chi connectivity index (χ1) is 7.97. The summed E-state index contributed by atoms with van der Waals surface area (Å²) in [6.45, 7) is 0. The molecule has 1 aromatic carbocycles. The number of hydrogen-bond acceptors (Lipinski definition) is 4. The molecule has 0 spiro atoms. The van der Waals surface area contributed by atoms with Crippen LogP contribution in [-0.4, -0.2) is 24.5 Å². The number of nitrogens with one attached hydrogen (secondary N) is 1. The highest BCUT2D eigenvalue weighted by Crippen LogP contribution is 2.40. The summed E-state index contributed by atoms with van der Waals surface area (Å²) in [6, 6.07) is 0.714. The van der Waals surface area contributed by atoms with Gasteiger partial charge in [-0.05, 0) is 22.0 Å². The molecule has 0 saturated heterocycles. The summed E-state index contributed by atoms with van der Waals surface area (Å²) in [5.74, 6) is 0.0137. The van der Waals surface area contributed by atoms with Gasteiger partial charge in [0.1, 0.15) is 5.02 Å². The van der Waals surface area contributed by atoms with Crippen molar-refractivity contribution in [3.8, 4) is 11.5 Å². The average molecular weight is 323 g/mol. The molecule has 0 aliphatic heterocycles. The lowest BCUT2D eigenvalue weighted by Gasteiger charge is -2.08. The van der Waals surface area contributed by atoms with Gasteiger partial charge >= 0.3 is 6.03 Å². The monoisotopic (exact) mass is 321 g/mol. The molecule has 0 saturated carbocycles. The van der Waals surface area contributed by atoms with E-state index in [0.29, 0.717) is 10.0 Å². The maximum Gasteiger partial charge on any atom is 0.332 e. The van der Waals surface area contributed by atoms with Crippen LogP contribution in [-0.2, 0) is 0 Å². The average Bonchev–Trinajstić information content (AvgIpc) is 2.29. The van der Waals surface area contributed by atoms with E-state index in [1.54, 1.807) is 0 Å². The minimum atomic E-state index is -0.783. The van der Waals surface area contributed by atoms with Crippen LogP contribution < -0.4 is 15.9 Å². The number of methoxy groups -OCH3 is 1. The van der Waals surface area contributed by atoms with Crippen molar-refractivity contribution in [2.75, 3.05) is 7.11 Å². The molecule has 92 valence electrons. The number of nitrogens with zero attached hydrogens (tertiary/aromatic N) is 1. The number of benzene rings is 1. The third-order valence-electron chi connectivity index (χ3n) is 1.77. The van der Waals surface area contributed by atoms with Gasteiger partial charge in [0.25, 0.3) is 0 Å². The molecule has 6 nitrogen and oxygen atoms in total. The summed E-state index contributed by atoms with van der Waals surface area (Å²) >= 11 is 9.04. The Morgan fingerprint density at radius 3 is 2.94 bits per heavy atom. The van der Waals surface area contributed by atoms with Gasteiger partial charge in [-0.15, -0.1) is 0 Å². The highest BCUT2D eigenvalue weighted by Gasteiger charge is 2.14. The molecule has 0 aromatic heterocycles. The molecule has 0 bridgehead atoms. The van der Waals surface area contributed by atoms with Gasteiger partial charge in [-0.2, -0.15) is 5.10 Å². The smallest absolute Gasteiger partial charge is 0.332 e. The summed E-state index contributed by atoms with van der Waals surface area (Å²) in [7, 11) is 1.39. The third-order valence-corrected chi connectivity index (χ3v) is 3.22. The Kier molecular flexibility index (Phi) is 4.59. The van der Waals surface area contributed by atoms with E-state index >= 15 is 0 Å². The minimum absolute atomic E-state index is 0.0878. The molecule has 0 atom stereocenters. The van der Waals surface area contributed by atoms with Gasteiger partial charge in [-0.1, -0.05) is 11.6 Å². The van der Waals surface area contributed by atoms with Crippen molar-refractivity contribution < 1.29 is 14.6 Å². The zero-order valence-corrected chi connectivity index (χ0v) is 11.0. The van der Waals surface area contributed by atoms with Crippen LogP contribution >= 0.6 is 27.5 Å². The van der Waals surface area contributed by atoms with Crippen LogP contribution in [0.15, 0.2) is 15.6 Å². The van der Waals surface area contributed by atoms with Crippen molar-refractivity contribution in [1.82, 2.24) is 5.43 Å². The fourth-order valence-corrected chi connectivity index (χ4v) is 1.63. The second-order valence-corrected chi connectivity index (χ2v) is 4.05. The predicted octanol–water partition coefficient (Wildman–Crippen LogP) is 1.82. The number of primary amides is 1. The predicted molar refractivity (Wildman–Crippen MR) is 67.7 cm³/mol. The highest BCUT2D eigenvalue weighted by molar-refractivity contribution is 9.10. The van der Waals surface area contributed by atoms with E-state index in [4.69, 9.17) is 22.1 Å². The third kappa shape index (κ3) is 3.24. The first kappa shape index (κ1) is 13.6. The number of halogens is 2. The molecule has 0 fully saturated rings. The number of carbonyl (C=O) groups is 1. The van der Waals surface area contributed by atoms with Crippen LogP contribution in [0.1, 0.15) is 5.56 Å². The van der Waals surface area contributed by atoms with Crippen molar-refractivity contribution in [3.63, 3.8) is 0 Å². The number of aromatic hydroxyl groups is 1. The lowest BCUT2D eigenvalue weighted by molar-refractivity contribution is 0.249. The van der Waals surface area contributed by atoms with E-state index in [2.05, 4.69) is 21.0 Å². The van der Waals surface area contributed by atoms with Crippen molar-refractivity contribution >= 4 is 39.8 Å². The van der Waals surface area contributed by atoms with Crippen LogP contribution in [0.5, 0.6) is 11.5 Å². The summed E-state index contributed by atoms with van der Waals surface area (Å²) in [5, 5.41) is 13.3. The number of amides is 2. The lowest BCUT2D eigenvalue weighted by Crippen LogP contribution is -2.24. The second kappa shape index (κ2) is 5.74. The zero-order valence-electron chi connectivity index (χ0n) is 8.70. The number of phenolic OH excluding ortho intramolecular Hbond substituents is 1. The molecular formula is C9H9BrClN3O3.